The molecule has 262 valence electrons. The lowest BCUT2D eigenvalue weighted by molar-refractivity contribution is 1.14. The molecule has 6 heteroatoms. The van der Waals surface area contributed by atoms with Crippen LogP contribution in [-0.4, -0.2) is 29.1 Å². The molecule has 11 rings (SSSR count). The van der Waals surface area contributed by atoms with E-state index in [0.29, 0.717) is 0 Å². The molecule has 0 atom stereocenters. The molecule has 0 bridgehead atoms. The first-order valence-corrected chi connectivity index (χ1v) is 18.7. The molecule has 0 aliphatic rings. The Balaban J connectivity index is 1.06. The maximum absolute atomic E-state index is 4.97. The van der Waals surface area contributed by atoms with Crippen LogP contribution in [0.3, 0.4) is 0 Å². The Labute approximate surface area is 322 Å². The Bertz CT molecular complexity index is 3160. The Kier molecular flexibility index (Phi) is 7.38. The van der Waals surface area contributed by atoms with Gasteiger partial charge in [-0.25, -0.2) is 9.97 Å². The van der Waals surface area contributed by atoms with Crippen LogP contribution >= 0.6 is 0 Å². The lowest BCUT2D eigenvalue weighted by Crippen LogP contribution is -1.95. The van der Waals surface area contributed by atoms with Gasteiger partial charge >= 0.3 is 0 Å². The Morgan fingerprint density at radius 2 is 0.982 bits per heavy atom. The van der Waals surface area contributed by atoms with Crippen LogP contribution in [0, 0.1) is 0 Å². The van der Waals surface area contributed by atoms with Gasteiger partial charge in [0.1, 0.15) is 5.65 Å². The van der Waals surface area contributed by atoms with Crippen molar-refractivity contribution in [3.8, 4) is 56.4 Å². The lowest BCUT2D eigenvalue weighted by Gasteiger charge is -2.12. The summed E-state index contributed by atoms with van der Waals surface area (Å²) >= 11 is 0. The van der Waals surface area contributed by atoms with Crippen molar-refractivity contribution in [3.63, 3.8) is 0 Å². The minimum absolute atomic E-state index is 0.807. The van der Waals surface area contributed by atoms with Gasteiger partial charge < -0.3 is 4.57 Å². The van der Waals surface area contributed by atoms with Crippen molar-refractivity contribution in [2.75, 3.05) is 0 Å². The van der Waals surface area contributed by atoms with E-state index in [1.807, 2.05) is 48.7 Å². The molecule has 0 aliphatic carbocycles. The standard InChI is InChI=1S/C50H32N6/c1-2-12-36(13-3-1)56-48-32-34(23-26-39(48)40-16-11-29-53-50(40)56)38-15-10-20-47-49(38)41-14-4-5-19-46(41)55(47)37-24-21-33(22-25-37)35-30-44(42-17-6-8-27-51-42)54-45(31-35)43-18-7-9-28-52-43/h1-32H. The molecular formula is C50H32N6. The smallest absolute Gasteiger partial charge is 0.145 e. The van der Waals surface area contributed by atoms with Crippen molar-refractivity contribution in [2.24, 2.45) is 0 Å². The van der Waals surface area contributed by atoms with E-state index in [-0.39, 0.29) is 0 Å². The van der Waals surface area contributed by atoms with Crippen LogP contribution in [-0.2, 0) is 0 Å². The maximum atomic E-state index is 4.97. The molecule has 0 amide bonds. The maximum Gasteiger partial charge on any atom is 0.145 e. The number of hydrogen-bond acceptors (Lipinski definition) is 4. The van der Waals surface area contributed by atoms with Crippen molar-refractivity contribution in [2.45, 2.75) is 0 Å². The van der Waals surface area contributed by atoms with Gasteiger partial charge in [-0.05, 0) is 113 Å². The molecule has 11 aromatic rings. The fourth-order valence-electron chi connectivity index (χ4n) is 8.18. The summed E-state index contributed by atoms with van der Waals surface area (Å²) < 4.78 is 4.66. The number of pyridine rings is 4. The molecule has 0 radical (unpaired) electrons. The largest absolute Gasteiger partial charge is 0.309 e. The summed E-state index contributed by atoms with van der Waals surface area (Å²) in [4.78, 5) is 19.0. The van der Waals surface area contributed by atoms with Crippen LogP contribution in [0.1, 0.15) is 0 Å². The molecule has 0 saturated heterocycles. The van der Waals surface area contributed by atoms with E-state index in [2.05, 4.69) is 153 Å². The highest BCUT2D eigenvalue weighted by Crippen LogP contribution is 2.41. The van der Waals surface area contributed by atoms with Gasteiger partial charge in [-0.2, -0.15) is 0 Å². The van der Waals surface area contributed by atoms with E-state index in [1.165, 1.54) is 21.7 Å². The number of nitrogens with zero attached hydrogens (tertiary/aromatic N) is 6. The number of hydrogen-bond donors (Lipinski definition) is 0. The second-order valence-corrected chi connectivity index (χ2v) is 13.9. The van der Waals surface area contributed by atoms with Crippen molar-refractivity contribution in [1.82, 2.24) is 29.1 Å². The first-order valence-electron chi connectivity index (χ1n) is 18.7. The molecule has 0 unspecified atom stereocenters. The monoisotopic (exact) mass is 716 g/mol. The van der Waals surface area contributed by atoms with Gasteiger partial charge in [-0.1, -0.05) is 84.9 Å². The third kappa shape index (κ3) is 5.19. The minimum atomic E-state index is 0.807. The molecule has 0 N–H and O–H groups in total. The normalized spacial score (nSPS) is 11.6. The average Bonchev–Trinajstić information content (AvgIpc) is 3.80. The molecular weight excluding hydrogens is 685 g/mol. The van der Waals surface area contributed by atoms with Crippen molar-refractivity contribution >= 4 is 43.7 Å². The van der Waals surface area contributed by atoms with Gasteiger partial charge in [0.25, 0.3) is 0 Å². The highest BCUT2D eigenvalue weighted by molar-refractivity contribution is 6.17. The third-order valence-corrected chi connectivity index (χ3v) is 10.7. The molecule has 0 saturated carbocycles. The highest BCUT2D eigenvalue weighted by Gasteiger charge is 2.19. The van der Waals surface area contributed by atoms with E-state index in [0.717, 1.165) is 78.4 Å². The van der Waals surface area contributed by atoms with Crippen LogP contribution < -0.4 is 0 Å². The number of para-hydroxylation sites is 2. The predicted molar refractivity (Wildman–Crippen MR) is 228 cm³/mol. The first kappa shape index (κ1) is 31.8. The van der Waals surface area contributed by atoms with Crippen LogP contribution in [0.4, 0.5) is 0 Å². The zero-order chi connectivity index (χ0) is 37.0. The first-order chi connectivity index (χ1) is 27.8. The summed E-state index contributed by atoms with van der Waals surface area (Å²) in [6.45, 7) is 0. The van der Waals surface area contributed by atoms with Crippen LogP contribution in [0.25, 0.3) is 100 Å². The van der Waals surface area contributed by atoms with Gasteiger partial charge in [0.15, 0.2) is 0 Å². The van der Waals surface area contributed by atoms with Crippen LogP contribution in [0.15, 0.2) is 195 Å². The van der Waals surface area contributed by atoms with Crippen molar-refractivity contribution in [1.29, 1.82) is 0 Å². The quantitative estimate of drug-likeness (QED) is 0.172. The minimum Gasteiger partial charge on any atom is -0.309 e. The molecule has 0 aliphatic heterocycles. The van der Waals surface area contributed by atoms with Gasteiger partial charge in [0, 0.05) is 51.5 Å². The summed E-state index contributed by atoms with van der Waals surface area (Å²) in [7, 11) is 0. The average molecular weight is 717 g/mol. The zero-order valence-corrected chi connectivity index (χ0v) is 30.2. The molecule has 6 heterocycles. The third-order valence-electron chi connectivity index (χ3n) is 10.7. The van der Waals surface area contributed by atoms with Gasteiger partial charge in [0.05, 0.1) is 39.3 Å². The summed E-state index contributed by atoms with van der Waals surface area (Å²) in [5.74, 6) is 0. The second-order valence-electron chi connectivity index (χ2n) is 13.9. The van der Waals surface area contributed by atoms with E-state index in [4.69, 9.17) is 9.97 Å². The Hall–Kier alpha value is -7.70. The van der Waals surface area contributed by atoms with E-state index < -0.39 is 0 Å². The summed E-state index contributed by atoms with van der Waals surface area (Å²) in [6, 6.07) is 61.8. The molecule has 56 heavy (non-hydrogen) atoms. The number of benzene rings is 5. The Morgan fingerprint density at radius 3 is 1.73 bits per heavy atom. The summed E-state index contributed by atoms with van der Waals surface area (Å²) in [5, 5.41) is 4.76. The molecule has 0 spiro atoms. The molecule has 6 nitrogen and oxygen atoms in total. The van der Waals surface area contributed by atoms with E-state index in [1.54, 1.807) is 12.4 Å². The van der Waals surface area contributed by atoms with Crippen LogP contribution in [0.2, 0.25) is 0 Å². The number of aromatic nitrogens is 6. The fraction of sp³-hybridized carbons (Fsp3) is 0. The number of fused-ring (bicyclic) bond motifs is 6. The topological polar surface area (TPSA) is 61.4 Å². The van der Waals surface area contributed by atoms with Crippen molar-refractivity contribution in [3.05, 3.63) is 195 Å². The van der Waals surface area contributed by atoms with Crippen molar-refractivity contribution < 1.29 is 0 Å². The summed E-state index contributed by atoms with van der Waals surface area (Å²) in [5.41, 5.74) is 14.3. The van der Waals surface area contributed by atoms with E-state index in [9.17, 15) is 0 Å². The molecule has 5 aromatic carbocycles. The highest BCUT2D eigenvalue weighted by atomic mass is 15.0. The Morgan fingerprint density at radius 1 is 0.339 bits per heavy atom. The fourth-order valence-corrected chi connectivity index (χ4v) is 8.18. The molecule has 6 aromatic heterocycles. The van der Waals surface area contributed by atoms with Gasteiger partial charge in [0.2, 0.25) is 0 Å². The summed E-state index contributed by atoms with van der Waals surface area (Å²) in [6.07, 6.45) is 5.48. The van der Waals surface area contributed by atoms with Gasteiger partial charge in [-0.3, -0.25) is 14.5 Å². The second kappa shape index (κ2) is 13.0. The van der Waals surface area contributed by atoms with Crippen LogP contribution in [0.5, 0.6) is 0 Å². The molecule has 0 fully saturated rings. The predicted octanol–water partition coefficient (Wildman–Crippen LogP) is 12.1. The zero-order valence-electron chi connectivity index (χ0n) is 30.2. The number of rotatable bonds is 6. The lowest BCUT2D eigenvalue weighted by atomic mass is 9.98. The van der Waals surface area contributed by atoms with E-state index >= 15 is 0 Å². The van der Waals surface area contributed by atoms with Gasteiger partial charge in [-0.15, -0.1) is 0 Å². The SMILES string of the molecule is c1ccc(-n2c3cc(-c4cccc5c4c4ccccc4n5-c4ccc(-c5cc(-c6ccccn6)nc(-c6ccccn6)c5)cc4)ccc3c3cccnc32)cc1.